The molecule has 1 aliphatic rings. The van der Waals surface area contributed by atoms with Gasteiger partial charge in [0.2, 0.25) is 0 Å². The number of nitrogens with two attached hydrogens (primary N) is 1. The number of hydrogen-bond acceptors (Lipinski definition) is 4. The number of carbonyl (C=O) groups is 1. The zero-order chi connectivity index (χ0) is 13.4. The molecule has 2 aromatic heterocycles. The van der Waals surface area contributed by atoms with Crippen LogP contribution in [0.4, 0.5) is 9.18 Å². The summed E-state index contributed by atoms with van der Waals surface area (Å²) in [6, 6.07) is 1.30. The van der Waals surface area contributed by atoms with E-state index in [1.54, 1.807) is 0 Å². The standard InChI is InChI=1S/C12H11FN4O2/c13-8-3-9(5-15-4-8)17-6-10(19-12(14)18)11(16-17)7-1-2-7/h3-7H,1-2H2,(H2,14,18). The van der Waals surface area contributed by atoms with Crippen molar-refractivity contribution in [1.29, 1.82) is 0 Å². The summed E-state index contributed by atoms with van der Waals surface area (Å²) in [6.45, 7) is 0. The van der Waals surface area contributed by atoms with Gasteiger partial charge < -0.3 is 10.5 Å². The van der Waals surface area contributed by atoms with Crippen molar-refractivity contribution in [2.45, 2.75) is 18.8 Å². The van der Waals surface area contributed by atoms with Gasteiger partial charge in [-0.15, -0.1) is 0 Å². The number of carbonyl (C=O) groups excluding carboxylic acids is 1. The summed E-state index contributed by atoms with van der Waals surface area (Å²) >= 11 is 0. The molecule has 0 atom stereocenters. The van der Waals surface area contributed by atoms with Crippen molar-refractivity contribution < 1.29 is 13.9 Å². The van der Waals surface area contributed by atoms with Crippen molar-refractivity contribution in [3.63, 3.8) is 0 Å². The summed E-state index contributed by atoms with van der Waals surface area (Å²) in [6.07, 6.45) is 5.19. The Morgan fingerprint density at radius 3 is 2.89 bits per heavy atom. The summed E-state index contributed by atoms with van der Waals surface area (Å²) in [4.78, 5) is 14.6. The SMILES string of the molecule is NC(=O)Oc1cn(-c2cncc(F)c2)nc1C1CC1. The lowest BCUT2D eigenvalue weighted by Gasteiger charge is -1.99. The van der Waals surface area contributed by atoms with Gasteiger partial charge >= 0.3 is 6.09 Å². The van der Waals surface area contributed by atoms with E-state index in [1.807, 2.05) is 0 Å². The van der Waals surface area contributed by atoms with Gasteiger partial charge in [0, 0.05) is 12.0 Å². The molecule has 7 heteroatoms. The van der Waals surface area contributed by atoms with Crippen molar-refractivity contribution in [3.8, 4) is 11.4 Å². The molecule has 3 rings (SSSR count). The maximum atomic E-state index is 13.1. The molecule has 1 fully saturated rings. The van der Waals surface area contributed by atoms with E-state index in [4.69, 9.17) is 10.5 Å². The largest absolute Gasteiger partial charge is 0.410 e. The van der Waals surface area contributed by atoms with Crippen molar-refractivity contribution >= 4 is 6.09 Å². The molecule has 2 N–H and O–H groups in total. The summed E-state index contributed by atoms with van der Waals surface area (Å²) in [5.74, 6) is 0.134. The number of primary amides is 1. The molecule has 19 heavy (non-hydrogen) atoms. The second kappa shape index (κ2) is 4.34. The summed E-state index contributed by atoms with van der Waals surface area (Å²) in [5.41, 5.74) is 6.14. The lowest BCUT2D eigenvalue weighted by Crippen LogP contribution is -2.16. The number of ether oxygens (including phenoxy) is 1. The van der Waals surface area contributed by atoms with Gasteiger partial charge in [0.05, 0.1) is 24.3 Å². The Morgan fingerprint density at radius 1 is 1.47 bits per heavy atom. The van der Waals surface area contributed by atoms with Crippen LogP contribution >= 0.6 is 0 Å². The fourth-order valence-corrected chi connectivity index (χ4v) is 1.86. The third kappa shape index (κ3) is 2.40. The predicted molar refractivity (Wildman–Crippen MR) is 63.5 cm³/mol. The zero-order valence-corrected chi connectivity index (χ0v) is 9.91. The van der Waals surface area contributed by atoms with Gasteiger partial charge in [-0.05, 0) is 12.8 Å². The van der Waals surface area contributed by atoms with Crippen LogP contribution in [0, 0.1) is 5.82 Å². The topological polar surface area (TPSA) is 83.0 Å². The highest BCUT2D eigenvalue weighted by Gasteiger charge is 2.31. The Morgan fingerprint density at radius 2 is 2.26 bits per heavy atom. The molecule has 0 aromatic carbocycles. The first-order valence-corrected chi connectivity index (χ1v) is 5.81. The minimum atomic E-state index is -0.890. The van der Waals surface area contributed by atoms with E-state index in [2.05, 4.69) is 10.1 Å². The molecule has 0 unspecified atom stereocenters. The Balaban J connectivity index is 2.00. The van der Waals surface area contributed by atoms with E-state index in [1.165, 1.54) is 23.1 Å². The van der Waals surface area contributed by atoms with Gasteiger partial charge in [-0.2, -0.15) is 5.10 Å². The van der Waals surface area contributed by atoms with E-state index in [-0.39, 0.29) is 5.92 Å². The molecular formula is C12H11FN4O2. The number of nitrogens with zero attached hydrogens (tertiary/aromatic N) is 3. The minimum absolute atomic E-state index is 0.275. The maximum Gasteiger partial charge on any atom is 0.410 e. The Kier molecular flexibility index (Phi) is 2.66. The van der Waals surface area contributed by atoms with Gasteiger partial charge in [0.1, 0.15) is 11.5 Å². The minimum Gasteiger partial charge on any atom is -0.407 e. The smallest absolute Gasteiger partial charge is 0.407 e. The first-order valence-electron chi connectivity index (χ1n) is 5.81. The molecule has 1 saturated carbocycles. The van der Waals surface area contributed by atoms with Crippen LogP contribution in [0.5, 0.6) is 5.75 Å². The van der Waals surface area contributed by atoms with Gasteiger partial charge in [0.25, 0.3) is 0 Å². The molecule has 0 radical (unpaired) electrons. The Labute approximate surface area is 108 Å². The highest BCUT2D eigenvalue weighted by Crippen LogP contribution is 2.43. The van der Waals surface area contributed by atoms with E-state index < -0.39 is 11.9 Å². The highest BCUT2D eigenvalue weighted by molar-refractivity contribution is 5.68. The average molecular weight is 262 g/mol. The summed E-state index contributed by atoms with van der Waals surface area (Å²) in [7, 11) is 0. The monoisotopic (exact) mass is 262 g/mol. The van der Waals surface area contributed by atoms with Crippen LogP contribution in [0.1, 0.15) is 24.5 Å². The van der Waals surface area contributed by atoms with Crippen LogP contribution in [-0.2, 0) is 0 Å². The molecule has 0 spiro atoms. The number of pyridine rings is 1. The molecule has 2 aromatic rings. The third-order valence-corrected chi connectivity index (χ3v) is 2.84. The summed E-state index contributed by atoms with van der Waals surface area (Å²) in [5, 5.41) is 4.31. The van der Waals surface area contributed by atoms with E-state index >= 15 is 0 Å². The molecule has 1 amide bonds. The molecule has 0 aliphatic heterocycles. The highest BCUT2D eigenvalue weighted by atomic mass is 19.1. The lowest BCUT2D eigenvalue weighted by atomic mass is 10.3. The van der Waals surface area contributed by atoms with E-state index in [0.29, 0.717) is 17.1 Å². The first-order chi connectivity index (χ1) is 9.13. The van der Waals surface area contributed by atoms with Crippen molar-refractivity contribution in [1.82, 2.24) is 14.8 Å². The second-order valence-corrected chi connectivity index (χ2v) is 4.38. The molecule has 0 bridgehead atoms. The lowest BCUT2D eigenvalue weighted by molar-refractivity contribution is 0.210. The van der Waals surface area contributed by atoms with Crippen LogP contribution in [-0.4, -0.2) is 20.9 Å². The molecule has 98 valence electrons. The van der Waals surface area contributed by atoms with Crippen molar-refractivity contribution in [2.75, 3.05) is 0 Å². The maximum absolute atomic E-state index is 13.1. The zero-order valence-electron chi connectivity index (χ0n) is 9.91. The molecule has 2 heterocycles. The van der Waals surface area contributed by atoms with E-state index in [9.17, 15) is 9.18 Å². The van der Waals surface area contributed by atoms with E-state index in [0.717, 1.165) is 19.0 Å². The fraction of sp³-hybridized carbons (Fsp3) is 0.250. The Hall–Kier alpha value is -2.44. The van der Waals surface area contributed by atoms with Gasteiger partial charge in [-0.1, -0.05) is 0 Å². The molecule has 0 saturated heterocycles. The van der Waals surface area contributed by atoms with Gasteiger partial charge in [0.15, 0.2) is 5.75 Å². The van der Waals surface area contributed by atoms with Crippen LogP contribution in [0.15, 0.2) is 24.7 Å². The molecular weight excluding hydrogens is 251 g/mol. The fourth-order valence-electron chi connectivity index (χ4n) is 1.86. The number of amides is 1. The van der Waals surface area contributed by atoms with Gasteiger partial charge in [-0.3, -0.25) is 4.98 Å². The first kappa shape index (κ1) is 11.6. The predicted octanol–water partition coefficient (Wildman–Crippen LogP) is 1.74. The van der Waals surface area contributed by atoms with Gasteiger partial charge in [-0.25, -0.2) is 13.9 Å². The number of hydrogen-bond donors (Lipinski definition) is 1. The van der Waals surface area contributed by atoms with Crippen LogP contribution < -0.4 is 10.5 Å². The summed E-state index contributed by atoms with van der Waals surface area (Å²) < 4.78 is 19.5. The van der Waals surface area contributed by atoms with Crippen molar-refractivity contribution in [3.05, 3.63) is 36.2 Å². The van der Waals surface area contributed by atoms with Crippen LogP contribution in [0.3, 0.4) is 0 Å². The number of rotatable bonds is 3. The molecule has 1 aliphatic carbocycles. The average Bonchev–Trinajstić information content (AvgIpc) is 3.11. The second-order valence-electron chi connectivity index (χ2n) is 4.38. The van der Waals surface area contributed by atoms with Crippen molar-refractivity contribution in [2.24, 2.45) is 5.73 Å². The van der Waals surface area contributed by atoms with Crippen LogP contribution in [0.25, 0.3) is 5.69 Å². The quantitative estimate of drug-likeness (QED) is 0.913. The Bertz CT molecular complexity index is 636. The third-order valence-electron chi connectivity index (χ3n) is 2.84. The number of halogens is 1. The van der Waals surface area contributed by atoms with Crippen LogP contribution in [0.2, 0.25) is 0 Å². The normalized spacial score (nSPS) is 14.4. The number of aromatic nitrogens is 3. The molecule has 6 nitrogen and oxygen atoms in total.